The number of para-hydroxylation sites is 1. The highest BCUT2D eigenvalue weighted by molar-refractivity contribution is 7.79. The number of aldehydes is 1. The average molecular weight is 483 g/mol. The lowest BCUT2D eigenvalue weighted by Gasteiger charge is -2.29. The Kier molecular flexibility index (Phi) is 5.68. The minimum Gasteiger partial charge on any atom is -0.391 e. The van der Waals surface area contributed by atoms with Gasteiger partial charge in [-0.25, -0.2) is 4.98 Å². The fourth-order valence-electron chi connectivity index (χ4n) is 3.82. The van der Waals surface area contributed by atoms with Gasteiger partial charge in [0.1, 0.15) is 5.69 Å². The number of thiazole rings is 2. The zero-order valence-electron chi connectivity index (χ0n) is 16.8. The van der Waals surface area contributed by atoms with Crippen LogP contribution in [0.1, 0.15) is 36.9 Å². The van der Waals surface area contributed by atoms with Gasteiger partial charge in [0.05, 0.1) is 21.7 Å². The number of thiol groups is 1. The third-order valence-corrected chi connectivity index (χ3v) is 8.10. The Bertz CT molecular complexity index is 1420. The summed E-state index contributed by atoms with van der Waals surface area (Å²) in [6.07, 6.45) is 1.41. The number of rotatable bonds is 4. The molecule has 162 valence electrons. The lowest BCUT2D eigenvalue weighted by Crippen LogP contribution is -2.31. The minimum absolute atomic E-state index is 0.225. The van der Waals surface area contributed by atoms with E-state index >= 15 is 0 Å². The van der Waals surface area contributed by atoms with Gasteiger partial charge in [0.15, 0.2) is 11.4 Å². The SMILES string of the molecule is O=Cc1nc(N2CCc3cccc(C(=O)/N=c4/sc5ccccc5n4S)c3C2)sc1CO. The van der Waals surface area contributed by atoms with Crippen molar-refractivity contribution in [3.8, 4) is 0 Å². The number of nitrogens with zero attached hydrogens (tertiary/aromatic N) is 4. The Morgan fingerprint density at radius 3 is 2.81 bits per heavy atom. The maximum atomic E-state index is 13.2. The molecule has 0 fully saturated rings. The van der Waals surface area contributed by atoms with Gasteiger partial charge in [-0.05, 0) is 35.7 Å². The highest BCUT2D eigenvalue weighted by atomic mass is 32.1. The zero-order valence-corrected chi connectivity index (χ0v) is 19.3. The maximum absolute atomic E-state index is 13.2. The summed E-state index contributed by atoms with van der Waals surface area (Å²) in [7, 11) is 0. The first-order valence-corrected chi connectivity index (χ1v) is 11.9. The highest BCUT2D eigenvalue weighted by Crippen LogP contribution is 2.31. The molecule has 5 rings (SSSR count). The molecule has 0 spiro atoms. The third kappa shape index (κ3) is 3.69. The van der Waals surface area contributed by atoms with E-state index in [1.807, 2.05) is 41.3 Å². The number of amides is 1. The maximum Gasteiger partial charge on any atom is 0.280 e. The molecular formula is C22H18N4O3S3. The molecule has 0 radical (unpaired) electrons. The van der Waals surface area contributed by atoms with Crippen LogP contribution in [0.4, 0.5) is 5.13 Å². The van der Waals surface area contributed by atoms with Gasteiger partial charge < -0.3 is 10.0 Å². The molecule has 4 aromatic rings. The Hall–Kier alpha value is -2.79. The molecule has 1 N–H and O–H groups in total. The molecule has 1 aliphatic rings. The lowest BCUT2D eigenvalue weighted by atomic mass is 9.95. The largest absolute Gasteiger partial charge is 0.391 e. The van der Waals surface area contributed by atoms with Crippen LogP contribution < -0.4 is 9.70 Å². The molecule has 3 heterocycles. The molecule has 0 aliphatic carbocycles. The predicted octanol–water partition coefficient (Wildman–Crippen LogP) is 3.46. The molecule has 2 aromatic heterocycles. The third-order valence-electron chi connectivity index (χ3n) is 5.42. The molecule has 0 bridgehead atoms. The quantitative estimate of drug-likeness (QED) is 0.344. The smallest absolute Gasteiger partial charge is 0.280 e. The second kappa shape index (κ2) is 8.62. The van der Waals surface area contributed by atoms with Crippen LogP contribution in [0.25, 0.3) is 10.2 Å². The topological polar surface area (TPSA) is 87.8 Å². The first kappa shape index (κ1) is 21.1. The summed E-state index contributed by atoms with van der Waals surface area (Å²) in [5, 5.41) is 10.1. The second-order valence-electron chi connectivity index (χ2n) is 7.28. The summed E-state index contributed by atoms with van der Waals surface area (Å²) in [6, 6.07) is 13.5. The van der Waals surface area contributed by atoms with Gasteiger partial charge in [-0.3, -0.25) is 13.6 Å². The standard InChI is InChI=1S/C22H18N4O3S3/c27-11-16-19(12-28)32-21(23-16)25-9-8-13-4-3-5-14(15(13)10-25)20(29)24-22-26(30)17-6-1-2-7-18(17)31-22/h1-7,11,28,30H,8-10,12H2/b24-22+. The van der Waals surface area contributed by atoms with E-state index in [1.165, 1.54) is 22.7 Å². The number of aromatic nitrogens is 2. The molecule has 0 saturated heterocycles. The lowest BCUT2D eigenvalue weighted by molar-refractivity contribution is 0.0996. The number of aliphatic hydroxyl groups excluding tert-OH is 1. The Morgan fingerprint density at radius 2 is 2.06 bits per heavy atom. The van der Waals surface area contributed by atoms with Gasteiger partial charge in [-0.15, -0.1) is 0 Å². The molecule has 0 atom stereocenters. The van der Waals surface area contributed by atoms with Crippen LogP contribution in [0.15, 0.2) is 47.5 Å². The summed E-state index contributed by atoms with van der Waals surface area (Å²) in [5.41, 5.74) is 3.73. The van der Waals surface area contributed by atoms with E-state index in [0.29, 0.717) is 39.7 Å². The van der Waals surface area contributed by atoms with Gasteiger partial charge in [-0.2, -0.15) is 4.99 Å². The first-order chi connectivity index (χ1) is 15.6. The van der Waals surface area contributed by atoms with Crippen LogP contribution in [0, 0.1) is 0 Å². The summed E-state index contributed by atoms with van der Waals surface area (Å²) in [4.78, 5) is 36.3. The number of hydrogen-bond donors (Lipinski definition) is 2. The van der Waals surface area contributed by atoms with Crippen molar-refractivity contribution in [2.45, 2.75) is 19.6 Å². The summed E-state index contributed by atoms with van der Waals surface area (Å²) >= 11 is 7.22. The summed E-state index contributed by atoms with van der Waals surface area (Å²) in [5.74, 6) is -0.318. The van der Waals surface area contributed by atoms with Crippen LogP contribution in [0.2, 0.25) is 0 Å². The van der Waals surface area contributed by atoms with Gasteiger partial charge in [0.25, 0.3) is 5.91 Å². The van der Waals surface area contributed by atoms with Crippen LogP contribution in [-0.4, -0.2) is 32.8 Å². The van der Waals surface area contributed by atoms with Crippen molar-refractivity contribution in [3.05, 3.63) is 74.5 Å². The van der Waals surface area contributed by atoms with Gasteiger partial charge >= 0.3 is 0 Å². The zero-order chi connectivity index (χ0) is 22.2. The van der Waals surface area contributed by atoms with E-state index in [9.17, 15) is 14.7 Å². The summed E-state index contributed by atoms with van der Waals surface area (Å²) < 4.78 is 2.64. The van der Waals surface area contributed by atoms with Gasteiger partial charge in [0.2, 0.25) is 4.80 Å². The number of benzene rings is 2. The molecule has 2 aromatic carbocycles. The molecule has 32 heavy (non-hydrogen) atoms. The Labute approximate surface area is 196 Å². The molecule has 7 nitrogen and oxygen atoms in total. The fourth-order valence-corrected chi connectivity index (χ4v) is 6.06. The van der Waals surface area contributed by atoms with E-state index < -0.39 is 0 Å². The number of anilines is 1. The molecule has 0 saturated carbocycles. The molecule has 1 amide bonds. The van der Waals surface area contributed by atoms with Crippen LogP contribution in [-0.2, 0) is 19.6 Å². The van der Waals surface area contributed by atoms with Gasteiger partial charge in [-0.1, -0.05) is 59.8 Å². The van der Waals surface area contributed by atoms with Crippen LogP contribution in [0.3, 0.4) is 0 Å². The normalized spacial score (nSPS) is 14.1. The molecular weight excluding hydrogens is 464 g/mol. The molecule has 10 heteroatoms. The summed E-state index contributed by atoms with van der Waals surface area (Å²) in [6.45, 7) is 0.972. The van der Waals surface area contributed by atoms with Gasteiger partial charge in [0, 0.05) is 18.7 Å². The van der Waals surface area contributed by atoms with Crippen LogP contribution in [0.5, 0.6) is 0 Å². The highest BCUT2D eigenvalue weighted by Gasteiger charge is 2.24. The fraction of sp³-hybridized carbons (Fsp3) is 0.182. The van der Waals surface area contributed by atoms with Crippen molar-refractivity contribution >= 4 is 63.0 Å². The van der Waals surface area contributed by atoms with Crippen molar-refractivity contribution in [1.29, 1.82) is 0 Å². The van der Waals surface area contributed by atoms with Crippen molar-refractivity contribution < 1.29 is 14.7 Å². The van der Waals surface area contributed by atoms with Crippen molar-refractivity contribution in [1.82, 2.24) is 8.96 Å². The Balaban J connectivity index is 1.51. The average Bonchev–Trinajstić information content (AvgIpc) is 3.39. The first-order valence-electron chi connectivity index (χ1n) is 9.89. The number of aliphatic hydroxyl groups is 1. The van der Waals surface area contributed by atoms with Crippen molar-refractivity contribution in [2.75, 3.05) is 11.4 Å². The van der Waals surface area contributed by atoms with Crippen molar-refractivity contribution in [2.24, 2.45) is 4.99 Å². The molecule has 0 unspecified atom stereocenters. The van der Waals surface area contributed by atoms with E-state index in [1.54, 1.807) is 10.0 Å². The van der Waals surface area contributed by atoms with E-state index in [4.69, 9.17) is 0 Å². The van der Waals surface area contributed by atoms with E-state index in [-0.39, 0.29) is 18.2 Å². The number of hydrogen-bond acceptors (Lipinski definition) is 8. The monoisotopic (exact) mass is 482 g/mol. The number of carbonyl (C=O) groups is 2. The second-order valence-corrected chi connectivity index (χ2v) is 9.75. The van der Waals surface area contributed by atoms with Crippen LogP contribution >= 0.6 is 35.5 Å². The minimum atomic E-state index is -0.318. The van der Waals surface area contributed by atoms with Crippen molar-refractivity contribution in [3.63, 3.8) is 0 Å². The molecule has 1 aliphatic heterocycles. The van der Waals surface area contributed by atoms with E-state index in [2.05, 4.69) is 22.8 Å². The number of fused-ring (bicyclic) bond motifs is 2. The number of carbonyl (C=O) groups excluding carboxylic acids is 2. The van der Waals surface area contributed by atoms with E-state index in [0.717, 1.165) is 27.8 Å². The predicted molar refractivity (Wildman–Crippen MR) is 129 cm³/mol. The Morgan fingerprint density at radius 1 is 1.22 bits per heavy atom.